The van der Waals surface area contributed by atoms with Crippen LogP contribution in [-0.4, -0.2) is 17.5 Å². The van der Waals surface area contributed by atoms with Gasteiger partial charge in [-0.05, 0) is 38.0 Å². The monoisotopic (exact) mass is 268 g/mol. The molecule has 0 aliphatic heterocycles. The first kappa shape index (κ1) is 20.4. The molecule has 0 fully saturated rings. The maximum atomic E-state index is 10.9. The summed E-state index contributed by atoms with van der Waals surface area (Å²) in [4.78, 5) is 10.9. The van der Waals surface area contributed by atoms with Crippen LogP contribution in [0.2, 0.25) is 0 Å². The highest BCUT2D eigenvalue weighted by Gasteiger charge is 2.21. The van der Waals surface area contributed by atoms with Gasteiger partial charge < -0.3 is 5.11 Å². The number of Topliss-reactive ketones (excluding diaryl/α,β-unsaturated/α-hetero) is 1. The Morgan fingerprint density at radius 3 is 1.79 bits per heavy atom. The smallest absolute Gasteiger partial charge is 0.135 e. The molecule has 0 bridgehead atoms. The van der Waals surface area contributed by atoms with E-state index in [1.54, 1.807) is 6.92 Å². The molecule has 0 aliphatic carbocycles. The number of hydrogen-bond donors (Lipinski definition) is 1. The van der Waals surface area contributed by atoms with Gasteiger partial charge in [0.2, 0.25) is 0 Å². The van der Waals surface area contributed by atoms with Crippen LogP contribution in [0, 0.1) is 10.8 Å². The number of carbonyl (C=O) groups is 1. The number of hydrogen-bond acceptors (Lipinski definition) is 2. The van der Waals surface area contributed by atoms with E-state index in [4.69, 9.17) is 5.11 Å². The highest BCUT2D eigenvalue weighted by molar-refractivity contribution is 5.81. The molecule has 19 heavy (non-hydrogen) atoms. The van der Waals surface area contributed by atoms with Gasteiger partial charge in [-0.2, -0.15) is 0 Å². The van der Waals surface area contributed by atoms with Crippen LogP contribution in [0.25, 0.3) is 0 Å². The molecule has 0 amide bonds. The standard InChI is InChI=1S/C9H16O.C8H16O/c1-5-6-7-9(3,4)8(2)10;1-4-5-6-8(2,3)7-9/h5H,1,6-7H2,2-4H3;4,9H,1,5-7H2,2-3H3. The second kappa shape index (κ2) is 9.96. The van der Waals surface area contributed by atoms with Gasteiger partial charge in [0.05, 0.1) is 0 Å². The summed E-state index contributed by atoms with van der Waals surface area (Å²) in [6.07, 6.45) is 7.58. The summed E-state index contributed by atoms with van der Waals surface area (Å²) < 4.78 is 0. The summed E-state index contributed by atoms with van der Waals surface area (Å²) >= 11 is 0. The quantitative estimate of drug-likeness (QED) is 0.656. The Kier molecular flexibility index (Phi) is 10.7. The number of aliphatic hydroxyl groups is 1. The normalized spacial score (nSPS) is 11.3. The van der Waals surface area contributed by atoms with Gasteiger partial charge in [-0.1, -0.05) is 39.8 Å². The van der Waals surface area contributed by atoms with Crippen LogP contribution in [0.4, 0.5) is 0 Å². The highest BCUT2D eigenvalue weighted by Crippen LogP contribution is 2.23. The molecule has 0 aliphatic rings. The predicted octanol–water partition coefficient (Wildman–Crippen LogP) is 4.54. The van der Waals surface area contributed by atoms with E-state index in [2.05, 4.69) is 27.0 Å². The van der Waals surface area contributed by atoms with Crippen LogP contribution in [0.1, 0.15) is 60.3 Å². The zero-order valence-electron chi connectivity index (χ0n) is 13.5. The van der Waals surface area contributed by atoms with E-state index < -0.39 is 0 Å². The van der Waals surface area contributed by atoms with Crippen molar-refractivity contribution >= 4 is 5.78 Å². The molecule has 0 aromatic heterocycles. The molecule has 2 nitrogen and oxygen atoms in total. The van der Waals surface area contributed by atoms with Gasteiger partial charge in [-0.25, -0.2) is 0 Å². The Morgan fingerprint density at radius 1 is 1.05 bits per heavy atom. The first-order valence-corrected chi connectivity index (χ1v) is 6.96. The minimum Gasteiger partial charge on any atom is -0.396 e. The molecule has 0 radical (unpaired) electrons. The summed E-state index contributed by atoms with van der Waals surface area (Å²) in [6.45, 7) is 17.2. The van der Waals surface area contributed by atoms with Crippen molar-refractivity contribution in [1.29, 1.82) is 0 Å². The fourth-order valence-electron chi connectivity index (χ4n) is 1.21. The molecule has 0 heterocycles. The Balaban J connectivity index is 0. The third kappa shape index (κ3) is 11.9. The summed E-state index contributed by atoms with van der Waals surface area (Å²) in [5.74, 6) is 0.259. The van der Waals surface area contributed by atoms with Gasteiger partial charge in [0, 0.05) is 12.0 Å². The number of carbonyl (C=O) groups excluding carboxylic acids is 1. The summed E-state index contributed by atoms with van der Waals surface area (Å²) in [6, 6.07) is 0. The third-order valence-electron chi connectivity index (χ3n) is 3.38. The van der Waals surface area contributed by atoms with Crippen LogP contribution in [0.3, 0.4) is 0 Å². The van der Waals surface area contributed by atoms with Crippen molar-refractivity contribution in [3.63, 3.8) is 0 Å². The fourth-order valence-corrected chi connectivity index (χ4v) is 1.21. The van der Waals surface area contributed by atoms with E-state index in [1.807, 2.05) is 26.0 Å². The van der Waals surface area contributed by atoms with Gasteiger partial charge in [0.15, 0.2) is 0 Å². The molecule has 1 N–H and O–H groups in total. The number of allylic oxidation sites excluding steroid dienone is 2. The molecule has 0 atom stereocenters. The molecular formula is C17H32O2. The fraction of sp³-hybridized carbons (Fsp3) is 0.706. The molecule has 0 rings (SSSR count). The summed E-state index contributed by atoms with van der Waals surface area (Å²) in [7, 11) is 0. The van der Waals surface area contributed by atoms with Crippen molar-refractivity contribution in [2.75, 3.05) is 6.61 Å². The number of rotatable bonds is 8. The van der Waals surface area contributed by atoms with Crippen LogP contribution < -0.4 is 0 Å². The topological polar surface area (TPSA) is 37.3 Å². The maximum absolute atomic E-state index is 10.9. The van der Waals surface area contributed by atoms with E-state index in [0.717, 1.165) is 25.7 Å². The Labute approximate surface area is 119 Å². The number of aliphatic hydroxyl groups excluding tert-OH is 1. The van der Waals surface area contributed by atoms with Gasteiger partial charge in [0.25, 0.3) is 0 Å². The Morgan fingerprint density at radius 2 is 1.47 bits per heavy atom. The minimum atomic E-state index is -0.159. The molecule has 0 unspecified atom stereocenters. The van der Waals surface area contributed by atoms with E-state index in [1.165, 1.54) is 0 Å². The first-order valence-electron chi connectivity index (χ1n) is 6.96. The molecule has 0 aromatic rings. The predicted molar refractivity (Wildman–Crippen MR) is 84.2 cm³/mol. The van der Waals surface area contributed by atoms with Gasteiger partial charge in [-0.3, -0.25) is 4.79 Å². The summed E-state index contributed by atoms with van der Waals surface area (Å²) in [5, 5.41) is 8.79. The van der Waals surface area contributed by atoms with Crippen molar-refractivity contribution in [3.05, 3.63) is 25.3 Å². The Hall–Kier alpha value is -0.890. The van der Waals surface area contributed by atoms with E-state index >= 15 is 0 Å². The summed E-state index contributed by atoms with van der Waals surface area (Å²) in [5.41, 5.74) is -0.0810. The molecule has 0 saturated heterocycles. The second-order valence-electron chi connectivity index (χ2n) is 6.42. The van der Waals surface area contributed by atoms with Crippen LogP contribution in [0.5, 0.6) is 0 Å². The number of ketones is 1. The van der Waals surface area contributed by atoms with Crippen molar-refractivity contribution in [3.8, 4) is 0 Å². The van der Waals surface area contributed by atoms with Crippen LogP contribution in [0.15, 0.2) is 25.3 Å². The van der Waals surface area contributed by atoms with Crippen molar-refractivity contribution in [2.24, 2.45) is 10.8 Å². The van der Waals surface area contributed by atoms with E-state index in [-0.39, 0.29) is 23.2 Å². The van der Waals surface area contributed by atoms with Crippen LogP contribution >= 0.6 is 0 Å². The van der Waals surface area contributed by atoms with Gasteiger partial charge >= 0.3 is 0 Å². The largest absolute Gasteiger partial charge is 0.396 e. The lowest BCUT2D eigenvalue weighted by Gasteiger charge is -2.19. The molecule has 0 aromatic carbocycles. The van der Waals surface area contributed by atoms with Gasteiger partial charge in [-0.15, -0.1) is 13.2 Å². The lowest BCUT2D eigenvalue weighted by molar-refractivity contribution is -0.125. The average Bonchev–Trinajstić information content (AvgIpc) is 2.34. The zero-order chi connectivity index (χ0) is 15.5. The van der Waals surface area contributed by atoms with Crippen LogP contribution in [-0.2, 0) is 4.79 Å². The molecular weight excluding hydrogens is 236 g/mol. The van der Waals surface area contributed by atoms with Crippen molar-refractivity contribution < 1.29 is 9.90 Å². The second-order valence-corrected chi connectivity index (χ2v) is 6.42. The lowest BCUT2D eigenvalue weighted by atomic mass is 9.84. The van der Waals surface area contributed by atoms with Crippen molar-refractivity contribution in [2.45, 2.75) is 60.3 Å². The molecule has 0 spiro atoms. The third-order valence-corrected chi connectivity index (χ3v) is 3.38. The maximum Gasteiger partial charge on any atom is 0.135 e. The van der Waals surface area contributed by atoms with E-state index in [9.17, 15) is 4.79 Å². The Bertz CT molecular complexity index is 275. The van der Waals surface area contributed by atoms with Gasteiger partial charge in [0.1, 0.15) is 5.78 Å². The van der Waals surface area contributed by atoms with E-state index in [0.29, 0.717) is 0 Å². The average molecular weight is 268 g/mol. The lowest BCUT2D eigenvalue weighted by Crippen LogP contribution is -2.20. The highest BCUT2D eigenvalue weighted by atomic mass is 16.3. The molecule has 0 saturated carbocycles. The molecule has 112 valence electrons. The van der Waals surface area contributed by atoms with Crippen molar-refractivity contribution in [1.82, 2.24) is 0 Å². The first-order chi connectivity index (χ1) is 8.63. The zero-order valence-corrected chi connectivity index (χ0v) is 13.5. The SMILES string of the molecule is C=CCCC(C)(C)C(C)=O.C=CCCC(C)(C)CO. The molecule has 2 heteroatoms. The minimum absolute atomic E-state index is 0.0776.